The molecule has 1 heterocycles. The summed E-state index contributed by atoms with van der Waals surface area (Å²) >= 11 is 0. The number of carbonyl (C=O) groups is 1. The summed E-state index contributed by atoms with van der Waals surface area (Å²) < 4.78 is 40.5. The number of guanidine groups is 2. The van der Waals surface area contributed by atoms with Crippen LogP contribution in [-0.4, -0.2) is 23.5 Å². The van der Waals surface area contributed by atoms with E-state index in [0.717, 1.165) is 31.4 Å². The summed E-state index contributed by atoms with van der Waals surface area (Å²) in [6.07, 6.45) is -0.824. The van der Waals surface area contributed by atoms with Crippen LogP contribution in [-0.2, 0) is 6.18 Å². The minimum absolute atomic E-state index is 0.00862. The molecule has 1 aliphatic carbocycles. The lowest BCUT2D eigenvalue weighted by Crippen LogP contribution is -2.58. The fraction of sp³-hybridized carbons (Fsp3) is 0.318. The molecular formula is C22H24F3N7O. The lowest BCUT2D eigenvalue weighted by Gasteiger charge is -2.46. The second kappa shape index (κ2) is 8.64. The monoisotopic (exact) mass is 459 g/mol. The summed E-state index contributed by atoms with van der Waals surface area (Å²) in [6, 6.07) is 11.7. The van der Waals surface area contributed by atoms with Gasteiger partial charge in [0.05, 0.1) is 22.5 Å². The molecule has 2 aromatic carbocycles. The van der Waals surface area contributed by atoms with Gasteiger partial charge in [0.15, 0.2) is 0 Å². The van der Waals surface area contributed by atoms with E-state index in [0.29, 0.717) is 18.5 Å². The molecule has 1 spiro atoms. The third-order valence-electron chi connectivity index (χ3n) is 5.75. The Labute approximate surface area is 188 Å². The van der Waals surface area contributed by atoms with Crippen molar-refractivity contribution in [2.75, 3.05) is 10.3 Å². The van der Waals surface area contributed by atoms with Crippen molar-refractivity contribution < 1.29 is 18.0 Å². The maximum absolute atomic E-state index is 13.5. The van der Waals surface area contributed by atoms with E-state index in [2.05, 4.69) is 20.8 Å². The number of hydrogen-bond acceptors (Lipinski definition) is 7. The van der Waals surface area contributed by atoms with Crippen molar-refractivity contribution in [2.45, 2.75) is 43.9 Å². The first kappa shape index (κ1) is 22.4. The second-order valence-corrected chi connectivity index (χ2v) is 7.99. The van der Waals surface area contributed by atoms with Crippen LogP contribution >= 0.6 is 0 Å². The predicted octanol–water partition coefficient (Wildman–Crippen LogP) is 3.57. The molecular weight excluding hydrogens is 435 g/mol. The smallest absolute Gasteiger partial charge is 0.369 e. The predicted molar refractivity (Wildman–Crippen MR) is 121 cm³/mol. The molecule has 0 radical (unpaired) electrons. The van der Waals surface area contributed by atoms with Crippen LogP contribution in [0.15, 0.2) is 58.5 Å². The van der Waals surface area contributed by atoms with Crippen molar-refractivity contribution >= 4 is 29.2 Å². The average Bonchev–Trinajstić information content (AvgIpc) is 2.77. The molecule has 0 unspecified atom stereocenters. The number of benzene rings is 2. The standard InChI is InChI=1S/C22H24F3N7O/c23-22(24,25)14-9-10-17(16(13-14)18(33)31-30-15-7-3-1-4-8-15)32-20(27)28-19(26)29-21(32)11-5-2-6-12-21/h1,3-4,7-10,13,30H,2,5-6,11-12H2,(H,31,33)(H4,26,27,28,29). The molecule has 0 bridgehead atoms. The quantitative estimate of drug-likeness (QED) is 0.521. The number of nitrogens with two attached hydrogens (primary N) is 2. The first-order chi connectivity index (χ1) is 15.7. The molecule has 0 saturated heterocycles. The normalized spacial score (nSPS) is 17.8. The van der Waals surface area contributed by atoms with Gasteiger partial charge >= 0.3 is 6.18 Å². The van der Waals surface area contributed by atoms with Gasteiger partial charge in [-0.15, -0.1) is 0 Å². The van der Waals surface area contributed by atoms with Gasteiger partial charge < -0.3 is 11.5 Å². The van der Waals surface area contributed by atoms with Gasteiger partial charge in [0.25, 0.3) is 5.91 Å². The van der Waals surface area contributed by atoms with Crippen molar-refractivity contribution in [1.29, 1.82) is 0 Å². The minimum Gasteiger partial charge on any atom is -0.369 e. The molecule has 2 aromatic rings. The first-order valence-corrected chi connectivity index (χ1v) is 10.5. The topological polar surface area (TPSA) is 121 Å². The summed E-state index contributed by atoms with van der Waals surface area (Å²) in [7, 11) is 0. The molecule has 6 N–H and O–H groups in total. The second-order valence-electron chi connectivity index (χ2n) is 7.99. The number of halogens is 3. The molecule has 1 fully saturated rings. The number of para-hydroxylation sites is 1. The van der Waals surface area contributed by atoms with Crippen molar-refractivity contribution in [1.82, 2.24) is 5.43 Å². The first-order valence-electron chi connectivity index (χ1n) is 10.5. The Morgan fingerprint density at radius 3 is 2.39 bits per heavy atom. The van der Waals surface area contributed by atoms with Gasteiger partial charge in [0.1, 0.15) is 5.66 Å². The third kappa shape index (κ3) is 4.57. The van der Waals surface area contributed by atoms with E-state index in [-0.39, 0.29) is 23.2 Å². The largest absolute Gasteiger partial charge is 0.416 e. The molecule has 1 aliphatic heterocycles. The van der Waals surface area contributed by atoms with Crippen molar-refractivity contribution in [3.8, 4) is 0 Å². The zero-order valence-corrected chi connectivity index (χ0v) is 17.7. The SMILES string of the molecule is NC1=NC2(CCCCC2)N(c2ccc(C(F)(F)F)cc2C(=O)NNc2ccccc2)C(N)=N1. The zero-order valence-electron chi connectivity index (χ0n) is 17.7. The fourth-order valence-electron chi connectivity index (χ4n) is 4.28. The highest BCUT2D eigenvalue weighted by Gasteiger charge is 2.44. The van der Waals surface area contributed by atoms with Crippen LogP contribution in [0.3, 0.4) is 0 Å². The van der Waals surface area contributed by atoms with Gasteiger partial charge in [-0.2, -0.15) is 18.2 Å². The van der Waals surface area contributed by atoms with Crippen LogP contribution in [0.5, 0.6) is 0 Å². The highest BCUT2D eigenvalue weighted by atomic mass is 19.4. The number of rotatable bonds is 4. The van der Waals surface area contributed by atoms with Crippen LogP contribution in [0.1, 0.15) is 48.0 Å². The van der Waals surface area contributed by atoms with E-state index in [1.54, 1.807) is 35.2 Å². The third-order valence-corrected chi connectivity index (χ3v) is 5.75. The number of carbonyl (C=O) groups excluding carboxylic acids is 1. The summed E-state index contributed by atoms with van der Waals surface area (Å²) in [6.45, 7) is 0. The molecule has 0 aromatic heterocycles. The number of alkyl halides is 3. The Bertz CT molecular complexity index is 1090. The van der Waals surface area contributed by atoms with Crippen molar-refractivity contribution in [3.63, 3.8) is 0 Å². The molecule has 1 saturated carbocycles. The number of hydrazine groups is 1. The van der Waals surface area contributed by atoms with Gasteiger partial charge in [-0.05, 0) is 56.0 Å². The summed E-state index contributed by atoms with van der Waals surface area (Å²) in [5, 5.41) is 0. The van der Waals surface area contributed by atoms with Crippen LogP contribution in [0, 0.1) is 0 Å². The number of nitrogens with zero attached hydrogens (tertiary/aromatic N) is 3. The number of amides is 1. The van der Waals surface area contributed by atoms with Gasteiger partial charge in [-0.3, -0.25) is 20.5 Å². The van der Waals surface area contributed by atoms with Crippen molar-refractivity contribution in [2.24, 2.45) is 21.5 Å². The molecule has 0 atom stereocenters. The van der Waals surface area contributed by atoms with Gasteiger partial charge in [0, 0.05) is 0 Å². The maximum Gasteiger partial charge on any atom is 0.416 e. The van der Waals surface area contributed by atoms with Gasteiger partial charge in [0.2, 0.25) is 11.9 Å². The van der Waals surface area contributed by atoms with Crippen LogP contribution in [0.4, 0.5) is 24.5 Å². The van der Waals surface area contributed by atoms with E-state index in [4.69, 9.17) is 11.5 Å². The number of nitrogens with one attached hydrogen (secondary N) is 2. The van der Waals surface area contributed by atoms with E-state index >= 15 is 0 Å². The van der Waals surface area contributed by atoms with E-state index < -0.39 is 23.3 Å². The summed E-state index contributed by atoms with van der Waals surface area (Å²) in [5.74, 6) is -0.773. The minimum atomic E-state index is -4.63. The molecule has 174 valence electrons. The molecule has 33 heavy (non-hydrogen) atoms. The van der Waals surface area contributed by atoms with Gasteiger partial charge in [-0.25, -0.2) is 4.99 Å². The van der Waals surface area contributed by atoms with Crippen LogP contribution in [0.25, 0.3) is 0 Å². The Balaban J connectivity index is 1.77. The average molecular weight is 459 g/mol. The Morgan fingerprint density at radius 1 is 1.03 bits per heavy atom. The fourth-order valence-corrected chi connectivity index (χ4v) is 4.28. The highest BCUT2D eigenvalue weighted by molar-refractivity contribution is 6.10. The highest BCUT2D eigenvalue weighted by Crippen LogP contribution is 2.42. The molecule has 2 aliphatic rings. The number of anilines is 2. The Hall–Kier alpha value is -3.76. The number of hydrogen-bond donors (Lipinski definition) is 4. The lowest BCUT2D eigenvalue weighted by atomic mass is 9.86. The Morgan fingerprint density at radius 2 is 1.73 bits per heavy atom. The zero-order chi connectivity index (χ0) is 23.6. The Kier molecular flexibility index (Phi) is 5.88. The van der Waals surface area contributed by atoms with E-state index in [1.807, 2.05) is 0 Å². The molecule has 4 rings (SSSR count). The van der Waals surface area contributed by atoms with Crippen LogP contribution in [0.2, 0.25) is 0 Å². The molecule has 11 heteroatoms. The molecule has 8 nitrogen and oxygen atoms in total. The van der Waals surface area contributed by atoms with Crippen molar-refractivity contribution in [3.05, 3.63) is 59.7 Å². The van der Waals surface area contributed by atoms with E-state index in [9.17, 15) is 18.0 Å². The summed E-state index contributed by atoms with van der Waals surface area (Å²) in [5.41, 5.74) is 15.9. The van der Waals surface area contributed by atoms with E-state index in [1.165, 1.54) is 6.07 Å². The number of aliphatic imine (C=N–C) groups is 2. The summed E-state index contributed by atoms with van der Waals surface area (Å²) in [4.78, 5) is 23.2. The maximum atomic E-state index is 13.5. The van der Waals surface area contributed by atoms with Crippen LogP contribution < -0.4 is 27.2 Å². The molecule has 1 amide bonds. The van der Waals surface area contributed by atoms with Gasteiger partial charge in [-0.1, -0.05) is 24.6 Å². The lowest BCUT2D eigenvalue weighted by molar-refractivity contribution is -0.137.